The molecule has 0 aliphatic heterocycles. The summed E-state index contributed by atoms with van der Waals surface area (Å²) in [6.07, 6.45) is 0. The minimum atomic E-state index is -0.385. The molecule has 52 valence electrons. The third-order valence-corrected chi connectivity index (χ3v) is 2.60. The Morgan fingerprint density at radius 1 is 1.30 bits per heavy atom. The monoisotopic (exact) mass is 333 g/mol. The summed E-state index contributed by atoms with van der Waals surface area (Å²) in [4.78, 5) is 9.75. The molecule has 0 amide bonds. The van der Waals surface area contributed by atoms with Gasteiger partial charge in [0, 0.05) is 0 Å². The molecule has 0 aliphatic carbocycles. The molecule has 0 radical (unpaired) electrons. The molecule has 0 atom stereocenters. The van der Waals surface area contributed by atoms with E-state index in [0.29, 0.717) is 0 Å². The summed E-state index contributed by atoms with van der Waals surface area (Å²) in [5.74, 6) is 0. The molecule has 0 saturated carbocycles. The predicted octanol–water partition coefficient (Wildman–Crippen LogP) is -0.147. The van der Waals surface area contributed by atoms with Gasteiger partial charge in [-0.1, -0.05) is 0 Å². The topological polar surface area (TPSA) is 43.1 Å². The van der Waals surface area contributed by atoms with Gasteiger partial charge in [-0.2, -0.15) is 0 Å². The molecule has 0 aromatic heterocycles. The van der Waals surface area contributed by atoms with Gasteiger partial charge in [0.25, 0.3) is 0 Å². The average Bonchev–Trinajstić information content (AvgIpc) is 1.88. The zero-order valence-electron chi connectivity index (χ0n) is 5.15. The van der Waals surface area contributed by atoms with Crippen molar-refractivity contribution in [2.24, 2.45) is 0 Å². The van der Waals surface area contributed by atoms with E-state index in [2.05, 4.69) is 0 Å². The van der Waals surface area contributed by atoms with Crippen LogP contribution in [0, 0.1) is 10.1 Å². The van der Waals surface area contributed by atoms with Crippen molar-refractivity contribution in [3.05, 3.63) is 34.4 Å². The fourth-order valence-electron chi connectivity index (χ4n) is 0.596. The average molecular weight is 333 g/mol. The summed E-state index contributed by atoms with van der Waals surface area (Å²) in [6.45, 7) is 0. The van der Waals surface area contributed by atoms with E-state index in [1.54, 1.807) is 12.1 Å². The number of non-ortho nitro benzene ring substituents is 1. The van der Waals surface area contributed by atoms with E-state index in [9.17, 15) is 10.1 Å². The Labute approximate surface area is 73.1 Å². The molecule has 0 saturated heterocycles. The Morgan fingerprint density at radius 2 is 1.80 bits per heavy atom. The Kier molecular flexibility index (Phi) is 2.33. The van der Waals surface area contributed by atoms with Gasteiger partial charge < -0.3 is 0 Å². The van der Waals surface area contributed by atoms with Crippen LogP contribution in [0.1, 0.15) is 0 Å². The van der Waals surface area contributed by atoms with Crippen LogP contribution in [-0.2, 0) is 0 Å². The van der Waals surface area contributed by atoms with E-state index in [1.165, 1.54) is 15.4 Å². The Hall–Kier alpha value is -0.497. The second-order valence-electron chi connectivity index (χ2n) is 1.85. The van der Waals surface area contributed by atoms with E-state index >= 15 is 0 Å². The van der Waals surface area contributed by atoms with Crippen molar-refractivity contribution < 1.29 is 4.92 Å². The zero-order valence-corrected chi connectivity index (χ0v) is 9.64. The van der Waals surface area contributed by atoms with Crippen molar-refractivity contribution >= 4 is 33.7 Å². The SMILES string of the molecule is O=[N+]([O-])c1cc[c]([BiH2])cc1. The number of rotatable bonds is 1. The van der Waals surface area contributed by atoms with Crippen molar-refractivity contribution in [3.8, 4) is 0 Å². The van der Waals surface area contributed by atoms with Crippen LogP contribution in [0.5, 0.6) is 0 Å². The first-order valence-corrected chi connectivity index (χ1v) is 4.94. The molecule has 0 unspecified atom stereocenters. The molecule has 1 rings (SSSR count). The summed E-state index contributed by atoms with van der Waals surface area (Å²) >= 11 is 0.755. The summed E-state index contributed by atoms with van der Waals surface area (Å²) in [5.41, 5.74) is 0.171. The fraction of sp³-hybridized carbons (Fsp3) is 0. The van der Waals surface area contributed by atoms with Gasteiger partial charge in [-0.15, -0.1) is 0 Å². The second-order valence-corrected chi connectivity index (χ2v) is 4.44. The molecular weight excluding hydrogens is 327 g/mol. The Balaban J connectivity index is 3.00. The van der Waals surface area contributed by atoms with Gasteiger partial charge in [0.05, 0.1) is 0 Å². The molecule has 1 aromatic rings. The van der Waals surface area contributed by atoms with Gasteiger partial charge in [-0.3, -0.25) is 0 Å². The normalized spacial score (nSPS) is 9.30. The first-order valence-electron chi connectivity index (χ1n) is 2.70. The first kappa shape index (κ1) is 7.61. The molecule has 0 fully saturated rings. The number of nitrogens with zero attached hydrogens (tertiary/aromatic N) is 1. The standard InChI is InChI=1S/C6H4NO2.Bi.2H/c8-7(9)6-4-2-1-3-5-6;;;/h2-5H;;;. The van der Waals surface area contributed by atoms with Crippen LogP contribution < -0.4 is 3.27 Å². The second kappa shape index (κ2) is 3.06. The van der Waals surface area contributed by atoms with Gasteiger partial charge in [0.1, 0.15) is 0 Å². The number of hydrogen-bond donors (Lipinski definition) is 0. The zero-order chi connectivity index (χ0) is 7.56. The van der Waals surface area contributed by atoms with Gasteiger partial charge in [0.2, 0.25) is 0 Å². The number of nitro benzene ring substituents is 1. The third kappa shape index (κ3) is 1.74. The van der Waals surface area contributed by atoms with Crippen LogP contribution in [0.4, 0.5) is 5.69 Å². The van der Waals surface area contributed by atoms with Crippen molar-refractivity contribution in [3.63, 3.8) is 0 Å². The summed E-state index contributed by atoms with van der Waals surface area (Å²) < 4.78 is 1.20. The van der Waals surface area contributed by atoms with Crippen LogP contribution >= 0.6 is 0 Å². The van der Waals surface area contributed by atoms with Crippen LogP contribution in [0.15, 0.2) is 24.3 Å². The molecule has 0 aliphatic rings. The first-order chi connectivity index (χ1) is 4.70. The molecule has 4 heteroatoms. The molecule has 0 N–H and O–H groups in total. The van der Waals surface area contributed by atoms with Crippen LogP contribution in [0.3, 0.4) is 0 Å². The maximum atomic E-state index is 10.1. The van der Waals surface area contributed by atoms with E-state index < -0.39 is 0 Å². The third-order valence-electron chi connectivity index (χ3n) is 1.10. The van der Waals surface area contributed by atoms with E-state index in [4.69, 9.17) is 0 Å². The maximum absolute atomic E-state index is 10.1. The minimum absolute atomic E-state index is 0.171. The molecule has 3 nitrogen and oxygen atoms in total. The van der Waals surface area contributed by atoms with Crippen LogP contribution in [0.2, 0.25) is 0 Å². The Bertz CT molecular complexity index is 244. The summed E-state index contributed by atoms with van der Waals surface area (Å²) in [5, 5.41) is 10.1. The van der Waals surface area contributed by atoms with Crippen molar-refractivity contribution in [1.29, 1.82) is 0 Å². The van der Waals surface area contributed by atoms with Crippen LogP contribution in [-0.4, -0.2) is 29.6 Å². The number of benzene rings is 1. The Morgan fingerprint density at radius 3 is 2.20 bits per heavy atom. The van der Waals surface area contributed by atoms with Gasteiger partial charge >= 0.3 is 73.0 Å². The fourth-order valence-corrected chi connectivity index (χ4v) is 1.34. The molecular formula is C6H6BiNO2. The predicted molar refractivity (Wildman–Crippen MR) is 41.3 cm³/mol. The quantitative estimate of drug-likeness (QED) is 0.408. The van der Waals surface area contributed by atoms with Gasteiger partial charge in [-0.25, -0.2) is 0 Å². The van der Waals surface area contributed by atoms with Crippen LogP contribution in [0.25, 0.3) is 0 Å². The van der Waals surface area contributed by atoms with E-state index in [-0.39, 0.29) is 10.6 Å². The molecule has 0 heterocycles. The summed E-state index contributed by atoms with van der Waals surface area (Å²) in [6, 6.07) is 6.66. The summed E-state index contributed by atoms with van der Waals surface area (Å²) in [7, 11) is 0. The number of nitro groups is 1. The van der Waals surface area contributed by atoms with Crippen molar-refractivity contribution in [2.75, 3.05) is 0 Å². The van der Waals surface area contributed by atoms with Crippen molar-refractivity contribution in [2.45, 2.75) is 0 Å². The molecule has 10 heavy (non-hydrogen) atoms. The van der Waals surface area contributed by atoms with E-state index in [1.807, 2.05) is 0 Å². The van der Waals surface area contributed by atoms with E-state index in [0.717, 1.165) is 24.7 Å². The molecule has 0 bridgehead atoms. The van der Waals surface area contributed by atoms with Gasteiger partial charge in [-0.05, 0) is 0 Å². The number of hydrogen-bond acceptors (Lipinski definition) is 2. The molecule has 1 aromatic carbocycles. The van der Waals surface area contributed by atoms with Crippen molar-refractivity contribution in [1.82, 2.24) is 0 Å². The van der Waals surface area contributed by atoms with Gasteiger partial charge in [0.15, 0.2) is 0 Å². The molecule has 0 spiro atoms.